The molecule has 1 aromatic rings. The third-order valence-corrected chi connectivity index (χ3v) is 4.23. The van der Waals surface area contributed by atoms with Crippen molar-refractivity contribution < 1.29 is 9.53 Å². The lowest BCUT2D eigenvalue weighted by atomic mass is 9.64. The molecule has 0 aliphatic heterocycles. The highest BCUT2D eigenvalue weighted by atomic mass is 16.5. The molecular formula is C15H22N2O2. The van der Waals surface area contributed by atoms with Gasteiger partial charge >= 0.3 is 0 Å². The number of methoxy groups -OCH3 is 1. The Morgan fingerprint density at radius 3 is 2.63 bits per heavy atom. The van der Waals surface area contributed by atoms with E-state index in [0.29, 0.717) is 23.4 Å². The molecule has 3 N–H and O–H groups in total. The fourth-order valence-electron chi connectivity index (χ4n) is 2.70. The Labute approximate surface area is 114 Å². The molecule has 2 unspecified atom stereocenters. The third kappa shape index (κ3) is 2.45. The fourth-order valence-corrected chi connectivity index (χ4v) is 2.70. The Morgan fingerprint density at radius 2 is 2.16 bits per heavy atom. The number of benzene rings is 1. The first-order valence-electron chi connectivity index (χ1n) is 6.56. The first kappa shape index (κ1) is 13.9. The van der Waals surface area contributed by atoms with E-state index in [4.69, 9.17) is 10.5 Å². The number of nitrogens with one attached hydrogen (secondary N) is 1. The van der Waals surface area contributed by atoms with Gasteiger partial charge < -0.3 is 15.8 Å². The van der Waals surface area contributed by atoms with Crippen LogP contribution in [0, 0.1) is 5.41 Å². The van der Waals surface area contributed by atoms with E-state index in [9.17, 15) is 4.79 Å². The van der Waals surface area contributed by atoms with E-state index < -0.39 is 0 Å². The number of nitrogen functional groups attached to an aromatic ring is 1. The summed E-state index contributed by atoms with van der Waals surface area (Å²) in [6.45, 7) is 5.91. The second-order valence-corrected chi connectivity index (χ2v) is 5.84. The average molecular weight is 262 g/mol. The van der Waals surface area contributed by atoms with Crippen LogP contribution in [-0.2, 0) is 4.74 Å². The monoisotopic (exact) mass is 262 g/mol. The van der Waals surface area contributed by atoms with Crippen LogP contribution >= 0.6 is 0 Å². The second kappa shape index (κ2) is 4.85. The highest BCUT2D eigenvalue weighted by molar-refractivity contribution is 5.99. The van der Waals surface area contributed by atoms with Gasteiger partial charge in [-0.3, -0.25) is 4.79 Å². The number of Topliss-reactive ketones (excluding diaryl/α,β-unsaturated/α-hetero) is 1. The number of nitrogens with two attached hydrogens (primary N) is 1. The van der Waals surface area contributed by atoms with Gasteiger partial charge in [0, 0.05) is 35.5 Å². The molecule has 104 valence electrons. The quantitative estimate of drug-likeness (QED) is 0.647. The molecule has 0 saturated heterocycles. The number of hydrogen-bond acceptors (Lipinski definition) is 4. The summed E-state index contributed by atoms with van der Waals surface area (Å²) in [5, 5.41) is 3.47. The summed E-state index contributed by atoms with van der Waals surface area (Å²) < 4.78 is 5.43. The molecule has 1 saturated carbocycles. The van der Waals surface area contributed by atoms with Crippen molar-refractivity contribution in [3.05, 3.63) is 23.8 Å². The van der Waals surface area contributed by atoms with Gasteiger partial charge in [-0.2, -0.15) is 0 Å². The van der Waals surface area contributed by atoms with Gasteiger partial charge in [0.15, 0.2) is 5.78 Å². The summed E-state index contributed by atoms with van der Waals surface area (Å²) in [6.07, 6.45) is 1.27. The van der Waals surface area contributed by atoms with Crippen molar-refractivity contribution in [2.45, 2.75) is 39.3 Å². The van der Waals surface area contributed by atoms with Gasteiger partial charge in [0.05, 0.1) is 6.10 Å². The maximum absolute atomic E-state index is 11.3. The van der Waals surface area contributed by atoms with Crippen molar-refractivity contribution in [1.82, 2.24) is 0 Å². The third-order valence-electron chi connectivity index (χ3n) is 4.23. The van der Waals surface area contributed by atoms with E-state index in [1.807, 2.05) is 12.1 Å². The van der Waals surface area contributed by atoms with Crippen LogP contribution in [0.15, 0.2) is 18.2 Å². The van der Waals surface area contributed by atoms with Gasteiger partial charge in [0.25, 0.3) is 0 Å². The zero-order chi connectivity index (χ0) is 14.2. The van der Waals surface area contributed by atoms with Crippen LogP contribution in [0.25, 0.3) is 0 Å². The highest BCUT2D eigenvalue weighted by Crippen LogP contribution is 2.44. The van der Waals surface area contributed by atoms with Crippen LogP contribution in [0.1, 0.15) is 37.6 Å². The fraction of sp³-hybridized carbons (Fsp3) is 0.533. The first-order valence-corrected chi connectivity index (χ1v) is 6.56. The van der Waals surface area contributed by atoms with Gasteiger partial charge in [-0.1, -0.05) is 13.8 Å². The number of carbonyl (C=O) groups excluding carboxylic acids is 1. The van der Waals surface area contributed by atoms with E-state index in [1.165, 1.54) is 6.92 Å². The molecule has 0 bridgehead atoms. The highest BCUT2D eigenvalue weighted by Gasteiger charge is 2.48. The van der Waals surface area contributed by atoms with Crippen LogP contribution < -0.4 is 11.1 Å². The molecule has 2 atom stereocenters. The SMILES string of the molecule is COC1CC(Nc2ccc(C(C)=O)c(N)c2)C1(C)C. The zero-order valence-corrected chi connectivity index (χ0v) is 12.0. The Bertz CT molecular complexity index is 497. The molecular weight excluding hydrogens is 240 g/mol. The molecule has 0 spiro atoms. The number of carbonyl (C=O) groups is 1. The summed E-state index contributed by atoms with van der Waals surface area (Å²) in [7, 11) is 1.75. The molecule has 1 fully saturated rings. The maximum Gasteiger partial charge on any atom is 0.161 e. The lowest BCUT2D eigenvalue weighted by molar-refractivity contribution is -0.0794. The number of rotatable bonds is 4. The normalized spacial score (nSPS) is 24.6. The van der Waals surface area contributed by atoms with E-state index >= 15 is 0 Å². The van der Waals surface area contributed by atoms with Crippen molar-refractivity contribution in [2.75, 3.05) is 18.2 Å². The van der Waals surface area contributed by atoms with Crippen LogP contribution in [-0.4, -0.2) is 25.0 Å². The van der Waals surface area contributed by atoms with Gasteiger partial charge in [0.2, 0.25) is 0 Å². The molecule has 0 amide bonds. The molecule has 0 aromatic heterocycles. The number of hydrogen-bond donors (Lipinski definition) is 2. The number of anilines is 2. The molecule has 4 nitrogen and oxygen atoms in total. The maximum atomic E-state index is 11.3. The summed E-state index contributed by atoms with van der Waals surface area (Å²) in [5.41, 5.74) is 8.05. The van der Waals surface area contributed by atoms with Gasteiger partial charge in [-0.25, -0.2) is 0 Å². The van der Waals surface area contributed by atoms with E-state index in [-0.39, 0.29) is 11.2 Å². The summed E-state index contributed by atoms with van der Waals surface area (Å²) >= 11 is 0. The molecule has 19 heavy (non-hydrogen) atoms. The van der Waals surface area contributed by atoms with Crippen molar-refractivity contribution in [3.63, 3.8) is 0 Å². The summed E-state index contributed by atoms with van der Waals surface area (Å²) in [4.78, 5) is 11.3. The van der Waals surface area contributed by atoms with Crippen molar-refractivity contribution >= 4 is 17.2 Å². The predicted octanol–water partition coefficient (Wildman–Crippen LogP) is 2.70. The van der Waals surface area contributed by atoms with E-state index in [0.717, 1.165) is 12.1 Å². The van der Waals surface area contributed by atoms with Crippen molar-refractivity contribution in [1.29, 1.82) is 0 Å². The minimum Gasteiger partial charge on any atom is -0.398 e. The molecule has 1 aliphatic rings. The number of ether oxygens (including phenoxy) is 1. The molecule has 0 radical (unpaired) electrons. The predicted molar refractivity (Wildman–Crippen MR) is 77.5 cm³/mol. The lowest BCUT2D eigenvalue weighted by Crippen LogP contribution is -2.57. The molecule has 1 aromatic carbocycles. The number of ketones is 1. The second-order valence-electron chi connectivity index (χ2n) is 5.84. The Balaban J connectivity index is 2.09. The van der Waals surface area contributed by atoms with Crippen molar-refractivity contribution in [3.8, 4) is 0 Å². The first-order chi connectivity index (χ1) is 8.86. The van der Waals surface area contributed by atoms with Gasteiger partial charge in [0.1, 0.15) is 0 Å². The van der Waals surface area contributed by atoms with Crippen LogP contribution in [0.3, 0.4) is 0 Å². The van der Waals surface area contributed by atoms with Crippen molar-refractivity contribution in [2.24, 2.45) is 5.41 Å². The molecule has 2 rings (SSSR count). The molecule has 0 heterocycles. The van der Waals surface area contributed by atoms with Gasteiger partial charge in [-0.15, -0.1) is 0 Å². The zero-order valence-electron chi connectivity index (χ0n) is 12.0. The Morgan fingerprint density at radius 1 is 1.47 bits per heavy atom. The van der Waals surface area contributed by atoms with Crippen LogP contribution in [0.4, 0.5) is 11.4 Å². The largest absolute Gasteiger partial charge is 0.398 e. The Kier molecular flexibility index (Phi) is 3.54. The van der Waals surface area contributed by atoms with E-state index in [2.05, 4.69) is 19.2 Å². The van der Waals surface area contributed by atoms with Gasteiger partial charge in [-0.05, 0) is 31.5 Å². The standard InChI is InChI=1S/C15H22N2O2/c1-9(18)11-6-5-10(7-12(11)16)17-13-8-14(19-4)15(13,2)3/h5-7,13-14,17H,8,16H2,1-4H3. The molecule has 4 heteroatoms. The minimum absolute atomic E-state index is 0.00697. The Hall–Kier alpha value is -1.55. The van der Waals surface area contributed by atoms with Crippen LogP contribution in [0.5, 0.6) is 0 Å². The minimum atomic E-state index is -0.00697. The average Bonchev–Trinajstić information content (AvgIpc) is 2.33. The lowest BCUT2D eigenvalue weighted by Gasteiger charge is -2.51. The topological polar surface area (TPSA) is 64.3 Å². The summed E-state index contributed by atoms with van der Waals surface area (Å²) in [6, 6.07) is 5.87. The molecule has 1 aliphatic carbocycles. The summed E-state index contributed by atoms with van der Waals surface area (Å²) in [5.74, 6) is -0.00697. The smallest absolute Gasteiger partial charge is 0.161 e. The van der Waals surface area contributed by atoms with E-state index in [1.54, 1.807) is 13.2 Å². The van der Waals surface area contributed by atoms with Crippen LogP contribution in [0.2, 0.25) is 0 Å².